The van der Waals surface area contributed by atoms with Crippen molar-refractivity contribution in [2.75, 3.05) is 5.32 Å². The lowest BCUT2D eigenvalue weighted by atomic mass is 10.2. The molecule has 12 heavy (non-hydrogen) atoms. The SMILES string of the molecule is Cc1ccccc1NC(=O)NCl. The van der Waals surface area contributed by atoms with Crippen LogP contribution in [-0.2, 0) is 0 Å². The van der Waals surface area contributed by atoms with E-state index >= 15 is 0 Å². The van der Waals surface area contributed by atoms with Crippen LogP contribution in [0.1, 0.15) is 5.56 Å². The number of anilines is 1. The molecule has 0 aromatic heterocycles. The molecule has 0 atom stereocenters. The normalized spacial score (nSPS) is 9.17. The number of benzene rings is 1. The van der Waals surface area contributed by atoms with Crippen LogP contribution in [0.4, 0.5) is 10.5 Å². The van der Waals surface area contributed by atoms with Gasteiger partial charge in [-0.05, 0) is 18.6 Å². The fourth-order valence-corrected chi connectivity index (χ4v) is 0.906. The van der Waals surface area contributed by atoms with E-state index in [4.69, 9.17) is 11.8 Å². The minimum atomic E-state index is -0.425. The molecular formula is C8H9ClN2O. The predicted molar refractivity (Wildman–Crippen MR) is 49.2 cm³/mol. The molecule has 0 heterocycles. The van der Waals surface area contributed by atoms with Crippen molar-refractivity contribution in [3.63, 3.8) is 0 Å². The Morgan fingerprint density at radius 3 is 2.67 bits per heavy atom. The van der Waals surface area contributed by atoms with E-state index in [2.05, 4.69) is 5.32 Å². The number of para-hydroxylation sites is 1. The minimum absolute atomic E-state index is 0.425. The largest absolute Gasteiger partial charge is 0.333 e. The van der Waals surface area contributed by atoms with E-state index in [9.17, 15) is 4.79 Å². The minimum Gasteiger partial charge on any atom is -0.307 e. The molecule has 0 spiro atoms. The van der Waals surface area contributed by atoms with E-state index < -0.39 is 6.03 Å². The maximum absolute atomic E-state index is 10.8. The Labute approximate surface area is 75.8 Å². The van der Waals surface area contributed by atoms with Gasteiger partial charge in [-0.1, -0.05) is 18.2 Å². The first-order chi connectivity index (χ1) is 5.74. The van der Waals surface area contributed by atoms with Crippen LogP contribution in [0.25, 0.3) is 0 Å². The zero-order chi connectivity index (χ0) is 8.97. The molecule has 0 saturated heterocycles. The Morgan fingerprint density at radius 2 is 2.08 bits per heavy atom. The summed E-state index contributed by atoms with van der Waals surface area (Å²) in [6, 6.07) is 7.03. The maximum Gasteiger partial charge on any atom is 0.333 e. The van der Waals surface area contributed by atoms with Crippen molar-refractivity contribution < 1.29 is 4.79 Å². The lowest BCUT2D eigenvalue weighted by molar-refractivity contribution is 0.257. The highest BCUT2D eigenvalue weighted by Crippen LogP contribution is 2.12. The Hall–Kier alpha value is -1.22. The van der Waals surface area contributed by atoms with Crippen molar-refractivity contribution in [3.8, 4) is 0 Å². The zero-order valence-electron chi connectivity index (χ0n) is 6.60. The van der Waals surface area contributed by atoms with Gasteiger partial charge in [0.25, 0.3) is 0 Å². The lowest BCUT2D eigenvalue weighted by Gasteiger charge is -2.05. The van der Waals surface area contributed by atoms with E-state index in [1.807, 2.05) is 36.0 Å². The van der Waals surface area contributed by atoms with Gasteiger partial charge in [0.1, 0.15) is 0 Å². The van der Waals surface area contributed by atoms with Crippen molar-refractivity contribution >= 4 is 23.5 Å². The van der Waals surface area contributed by atoms with E-state index in [-0.39, 0.29) is 0 Å². The molecule has 3 nitrogen and oxygen atoms in total. The molecule has 4 heteroatoms. The highest BCUT2D eigenvalue weighted by Gasteiger charge is 2.00. The van der Waals surface area contributed by atoms with Crippen LogP contribution in [-0.4, -0.2) is 6.03 Å². The van der Waals surface area contributed by atoms with E-state index in [1.54, 1.807) is 0 Å². The zero-order valence-corrected chi connectivity index (χ0v) is 7.35. The molecule has 0 unspecified atom stereocenters. The van der Waals surface area contributed by atoms with Crippen LogP contribution in [0, 0.1) is 6.92 Å². The van der Waals surface area contributed by atoms with Gasteiger partial charge >= 0.3 is 6.03 Å². The standard InChI is InChI=1S/C8H9ClN2O/c1-6-4-2-3-5-7(6)10-8(12)11-9/h2-5H,1H3,(H2,10,11,12). The fourth-order valence-electron chi connectivity index (χ4n) is 0.859. The van der Waals surface area contributed by atoms with Crippen LogP contribution in [0.15, 0.2) is 24.3 Å². The molecule has 0 radical (unpaired) electrons. The summed E-state index contributed by atoms with van der Waals surface area (Å²) >= 11 is 5.09. The third-order valence-corrected chi connectivity index (χ3v) is 1.65. The number of nitrogens with one attached hydrogen (secondary N) is 2. The molecule has 64 valence electrons. The van der Waals surface area contributed by atoms with Crippen molar-refractivity contribution in [1.82, 2.24) is 4.84 Å². The summed E-state index contributed by atoms with van der Waals surface area (Å²) in [5.41, 5.74) is 1.76. The number of hydrogen-bond donors (Lipinski definition) is 2. The summed E-state index contributed by atoms with van der Waals surface area (Å²) in [5, 5.41) is 2.58. The molecule has 2 amide bonds. The van der Waals surface area contributed by atoms with Gasteiger partial charge in [-0.2, -0.15) is 0 Å². The summed E-state index contributed by atoms with van der Waals surface area (Å²) in [5.74, 6) is 0. The first-order valence-corrected chi connectivity index (χ1v) is 3.85. The third-order valence-electron chi connectivity index (χ3n) is 1.48. The van der Waals surface area contributed by atoms with Gasteiger partial charge in [0.2, 0.25) is 0 Å². The summed E-state index contributed by atoms with van der Waals surface area (Å²) in [7, 11) is 0. The van der Waals surface area contributed by atoms with Crippen LogP contribution >= 0.6 is 11.8 Å². The van der Waals surface area contributed by atoms with Crippen LogP contribution in [0.5, 0.6) is 0 Å². The summed E-state index contributed by atoms with van der Waals surface area (Å²) in [4.78, 5) is 12.7. The van der Waals surface area contributed by atoms with Crippen molar-refractivity contribution in [3.05, 3.63) is 29.8 Å². The number of amides is 2. The highest BCUT2D eigenvalue weighted by atomic mass is 35.5. The number of halogens is 1. The summed E-state index contributed by atoms with van der Waals surface area (Å²) in [6.07, 6.45) is 0. The second kappa shape index (κ2) is 3.97. The van der Waals surface area contributed by atoms with E-state index in [0.717, 1.165) is 11.3 Å². The van der Waals surface area contributed by atoms with Crippen molar-refractivity contribution in [2.45, 2.75) is 6.92 Å². The molecule has 0 bridgehead atoms. The average Bonchev–Trinajstić information content (AvgIpc) is 2.09. The van der Waals surface area contributed by atoms with Gasteiger partial charge in [0.05, 0.1) is 0 Å². The Balaban J connectivity index is 2.75. The Kier molecular flexibility index (Phi) is 2.94. The van der Waals surface area contributed by atoms with Crippen LogP contribution in [0.2, 0.25) is 0 Å². The number of urea groups is 1. The topological polar surface area (TPSA) is 41.1 Å². The molecule has 0 fully saturated rings. The molecule has 0 saturated carbocycles. The molecule has 0 aliphatic carbocycles. The fraction of sp³-hybridized carbons (Fsp3) is 0.125. The number of carbonyl (C=O) groups is 1. The van der Waals surface area contributed by atoms with Crippen LogP contribution in [0.3, 0.4) is 0 Å². The quantitative estimate of drug-likeness (QED) is 0.646. The van der Waals surface area contributed by atoms with Gasteiger partial charge in [-0.15, -0.1) is 0 Å². The number of carbonyl (C=O) groups excluding carboxylic acids is 1. The second-order valence-corrected chi connectivity index (χ2v) is 2.55. The van der Waals surface area contributed by atoms with Crippen molar-refractivity contribution in [1.29, 1.82) is 0 Å². The average molecular weight is 185 g/mol. The molecule has 2 N–H and O–H groups in total. The van der Waals surface area contributed by atoms with E-state index in [0.29, 0.717) is 0 Å². The van der Waals surface area contributed by atoms with Crippen LogP contribution < -0.4 is 10.2 Å². The second-order valence-electron chi connectivity index (χ2n) is 2.36. The first-order valence-electron chi connectivity index (χ1n) is 3.47. The Bertz CT molecular complexity index is 288. The monoisotopic (exact) mass is 184 g/mol. The third kappa shape index (κ3) is 2.13. The smallest absolute Gasteiger partial charge is 0.307 e. The Morgan fingerprint density at radius 1 is 1.42 bits per heavy atom. The van der Waals surface area contributed by atoms with Gasteiger partial charge in [0, 0.05) is 17.5 Å². The molecule has 1 aromatic carbocycles. The van der Waals surface area contributed by atoms with Gasteiger partial charge in [0.15, 0.2) is 0 Å². The predicted octanol–water partition coefficient (Wildman–Crippen LogP) is 2.27. The molecule has 1 aromatic rings. The highest BCUT2D eigenvalue weighted by molar-refractivity contribution is 6.22. The lowest BCUT2D eigenvalue weighted by Crippen LogP contribution is -2.20. The number of rotatable bonds is 1. The number of hydrogen-bond acceptors (Lipinski definition) is 1. The number of aryl methyl sites for hydroxylation is 1. The molecule has 0 aliphatic heterocycles. The van der Waals surface area contributed by atoms with Gasteiger partial charge in [-0.3, -0.25) is 0 Å². The molecule has 0 aliphatic rings. The molecule has 1 rings (SSSR count). The van der Waals surface area contributed by atoms with E-state index in [1.165, 1.54) is 0 Å². The van der Waals surface area contributed by atoms with Gasteiger partial charge in [-0.25, -0.2) is 9.63 Å². The maximum atomic E-state index is 10.8. The summed E-state index contributed by atoms with van der Waals surface area (Å²) < 4.78 is 0. The van der Waals surface area contributed by atoms with Crippen molar-refractivity contribution in [2.24, 2.45) is 0 Å². The molecular weight excluding hydrogens is 176 g/mol. The van der Waals surface area contributed by atoms with Gasteiger partial charge < -0.3 is 5.32 Å². The first kappa shape index (κ1) is 8.87. The summed E-state index contributed by atoms with van der Waals surface area (Å²) in [6.45, 7) is 1.91.